The van der Waals surface area contributed by atoms with Crippen molar-refractivity contribution in [2.75, 3.05) is 31.2 Å². The average molecular weight is 492 g/mol. The summed E-state index contributed by atoms with van der Waals surface area (Å²) in [5, 5.41) is 4.62. The number of rotatable bonds is 5. The number of para-hydroxylation sites is 1. The van der Waals surface area contributed by atoms with Gasteiger partial charge < -0.3 is 21.2 Å². The number of imidazole rings is 1. The van der Waals surface area contributed by atoms with Crippen LogP contribution in [0, 0.1) is 0 Å². The topological polar surface area (TPSA) is 133 Å². The molecular formula is C27H25N9O. The van der Waals surface area contributed by atoms with Gasteiger partial charge in [-0.25, -0.2) is 15.0 Å². The van der Waals surface area contributed by atoms with E-state index in [-0.39, 0.29) is 5.84 Å². The Hall–Kier alpha value is -4.83. The first kappa shape index (κ1) is 22.6. The van der Waals surface area contributed by atoms with Crippen molar-refractivity contribution in [1.82, 2.24) is 24.3 Å². The standard InChI is InChI=1S/C27H25N9O/c28-25(34-29)23-10-6-19(15-30-23)24-16-31-26(35-11-13-37-14-12-35)27-33-21(17-36(24)27)9-8-20-7-5-18-3-1-2-4-22(18)32-20/h1-10,15-17H,11-14,29H2,(H2,28,34). The van der Waals surface area contributed by atoms with E-state index in [1.807, 2.05) is 59.3 Å². The molecule has 0 saturated carbocycles. The van der Waals surface area contributed by atoms with Crippen LogP contribution in [0.3, 0.4) is 0 Å². The fourth-order valence-electron chi connectivity index (χ4n) is 4.38. The maximum absolute atomic E-state index is 5.80. The molecule has 0 spiro atoms. The Kier molecular flexibility index (Phi) is 5.91. The SMILES string of the molecule is NN=C(N)c1ccc(-c2cnc(N3CCOCC3)c3nc(C=Cc4ccc5ccccc5n4)cn23)cn1. The lowest BCUT2D eigenvalue weighted by molar-refractivity contribution is 0.122. The molecule has 0 bridgehead atoms. The number of nitrogens with two attached hydrogens (primary N) is 2. The third-order valence-corrected chi connectivity index (χ3v) is 6.31. The van der Waals surface area contributed by atoms with Crippen molar-refractivity contribution in [2.45, 2.75) is 0 Å². The summed E-state index contributed by atoms with van der Waals surface area (Å²) in [6.45, 7) is 2.84. The van der Waals surface area contributed by atoms with Crippen molar-refractivity contribution in [3.05, 3.63) is 84.2 Å². The summed E-state index contributed by atoms with van der Waals surface area (Å²) >= 11 is 0. The van der Waals surface area contributed by atoms with E-state index in [1.54, 1.807) is 12.3 Å². The Bertz CT molecular complexity index is 1630. The molecule has 10 heteroatoms. The molecule has 0 unspecified atom stereocenters. The highest BCUT2D eigenvalue weighted by atomic mass is 16.5. The van der Waals surface area contributed by atoms with Crippen LogP contribution in [-0.4, -0.2) is 56.5 Å². The third-order valence-electron chi connectivity index (χ3n) is 6.31. The van der Waals surface area contributed by atoms with E-state index in [0.29, 0.717) is 18.9 Å². The van der Waals surface area contributed by atoms with Gasteiger partial charge in [-0.2, -0.15) is 5.10 Å². The molecule has 1 aliphatic rings. The summed E-state index contributed by atoms with van der Waals surface area (Å²) in [6, 6.07) is 15.8. The van der Waals surface area contributed by atoms with Crippen LogP contribution in [0.5, 0.6) is 0 Å². The van der Waals surface area contributed by atoms with Gasteiger partial charge >= 0.3 is 0 Å². The largest absolute Gasteiger partial charge is 0.380 e. The molecule has 1 saturated heterocycles. The molecular weight excluding hydrogens is 466 g/mol. The lowest BCUT2D eigenvalue weighted by atomic mass is 10.2. The monoisotopic (exact) mass is 491 g/mol. The molecule has 0 aliphatic carbocycles. The number of pyridine rings is 2. The normalized spacial score (nSPS) is 14.7. The molecule has 6 rings (SSSR count). The number of hydrazone groups is 1. The highest BCUT2D eigenvalue weighted by Gasteiger charge is 2.19. The molecule has 37 heavy (non-hydrogen) atoms. The molecule has 4 aromatic heterocycles. The molecule has 0 radical (unpaired) electrons. The number of nitrogens with zero attached hydrogens (tertiary/aromatic N) is 7. The van der Waals surface area contributed by atoms with Gasteiger partial charge in [0.2, 0.25) is 0 Å². The van der Waals surface area contributed by atoms with Crippen molar-refractivity contribution in [1.29, 1.82) is 0 Å². The van der Waals surface area contributed by atoms with Gasteiger partial charge in [0, 0.05) is 36.4 Å². The van der Waals surface area contributed by atoms with Crippen molar-refractivity contribution in [3.8, 4) is 11.3 Å². The fourth-order valence-corrected chi connectivity index (χ4v) is 4.38. The lowest BCUT2D eigenvalue weighted by Gasteiger charge is -2.28. The van der Waals surface area contributed by atoms with Crippen LogP contribution >= 0.6 is 0 Å². The molecule has 1 aliphatic heterocycles. The lowest BCUT2D eigenvalue weighted by Crippen LogP contribution is -2.37. The zero-order valence-corrected chi connectivity index (χ0v) is 20.0. The quantitative estimate of drug-likeness (QED) is 0.166. The van der Waals surface area contributed by atoms with Gasteiger partial charge in [0.1, 0.15) is 5.69 Å². The minimum Gasteiger partial charge on any atom is -0.380 e. The zero-order chi connectivity index (χ0) is 25.2. The highest BCUT2D eigenvalue weighted by Crippen LogP contribution is 2.27. The molecule has 0 amide bonds. The first-order valence-electron chi connectivity index (χ1n) is 11.9. The van der Waals surface area contributed by atoms with Crippen LogP contribution in [0.15, 0.2) is 72.2 Å². The Labute approximate surface area is 213 Å². The number of fused-ring (bicyclic) bond motifs is 2. The van der Waals surface area contributed by atoms with Crippen molar-refractivity contribution in [2.24, 2.45) is 16.7 Å². The predicted molar refractivity (Wildman–Crippen MR) is 145 cm³/mol. The summed E-state index contributed by atoms with van der Waals surface area (Å²) in [7, 11) is 0. The highest BCUT2D eigenvalue weighted by molar-refractivity contribution is 5.95. The minimum absolute atomic E-state index is 0.176. The number of hydrogen-bond acceptors (Lipinski definition) is 8. The number of aromatic nitrogens is 5. The molecule has 184 valence electrons. The van der Waals surface area contributed by atoms with Crippen LogP contribution in [0.2, 0.25) is 0 Å². The number of ether oxygens (including phenoxy) is 1. The smallest absolute Gasteiger partial charge is 0.181 e. The Morgan fingerprint density at radius 3 is 2.57 bits per heavy atom. The zero-order valence-electron chi connectivity index (χ0n) is 20.0. The summed E-state index contributed by atoms with van der Waals surface area (Å²) < 4.78 is 7.58. The van der Waals surface area contributed by atoms with E-state index in [2.05, 4.69) is 27.1 Å². The molecule has 5 aromatic rings. The average Bonchev–Trinajstić information content (AvgIpc) is 3.40. The molecule has 10 nitrogen and oxygen atoms in total. The number of anilines is 1. The number of hydrogen-bond donors (Lipinski definition) is 2. The van der Waals surface area contributed by atoms with Crippen molar-refractivity contribution < 1.29 is 4.74 Å². The number of morpholine rings is 1. The van der Waals surface area contributed by atoms with E-state index < -0.39 is 0 Å². The second-order valence-electron chi connectivity index (χ2n) is 8.63. The van der Waals surface area contributed by atoms with Crippen LogP contribution in [0.4, 0.5) is 5.82 Å². The third kappa shape index (κ3) is 4.45. The Morgan fingerprint density at radius 1 is 0.919 bits per heavy atom. The molecule has 1 aromatic carbocycles. The molecule has 0 atom stereocenters. The van der Waals surface area contributed by atoms with Crippen molar-refractivity contribution >= 4 is 40.4 Å². The van der Waals surface area contributed by atoms with E-state index in [1.165, 1.54) is 0 Å². The summed E-state index contributed by atoms with van der Waals surface area (Å²) in [6.07, 6.45) is 9.51. The Morgan fingerprint density at radius 2 is 1.76 bits per heavy atom. The summed E-state index contributed by atoms with van der Waals surface area (Å²) in [4.78, 5) is 21.1. The molecule has 4 N–H and O–H groups in total. The van der Waals surface area contributed by atoms with Gasteiger partial charge in [0.25, 0.3) is 0 Å². The van der Waals surface area contributed by atoms with Crippen LogP contribution in [0.1, 0.15) is 17.1 Å². The number of amidine groups is 1. The summed E-state index contributed by atoms with van der Waals surface area (Å²) in [5.74, 6) is 6.29. The van der Waals surface area contributed by atoms with Gasteiger partial charge in [-0.1, -0.05) is 24.3 Å². The van der Waals surface area contributed by atoms with E-state index in [4.69, 9.17) is 31.3 Å². The van der Waals surface area contributed by atoms with E-state index in [9.17, 15) is 0 Å². The molecule has 1 fully saturated rings. The first-order chi connectivity index (χ1) is 18.2. The second-order valence-corrected chi connectivity index (χ2v) is 8.63. The van der Waals surface area contributed by atoms with E-state index in [0.717, 1.165) is 58.1 Å². The molecule has 5 heterocycles. The fraction of sp³-hybridized carbons (Fsp3) is 0.148. The van der Waals surface area contributed by atoms with Crippen LogP contribution < -0.4 is 16.5 Å². The Balaban J connectivity index is 1.41. The van der Waals surface area contributed by atoms with Crippen LogP contribution in [-0.2, 0) is 4.74 Å². The first-order valence-corrected chi connectivity index (χ1v) is 11.9. The minimum atomic E-state index is 0.176. The number of benzene rings is 1. The predicted octanol–water partition coefficient (Wildman–Crippen LogP) is 2.93. The van der Waals surface area contributed by atoms with Gasteiger partial charge in [-0.3, -0.25) is 9.38 Å². The van der Waals surface area contributed by atoms with Crippen molar-refractivity contribution in [3.63, 3.8) is 0 Å². The summed E-state index contributed by atoms with van der Waals surface area (Å²) in [5.41, 5.74) is 11.4. The van der Waals surface area contributed by atoms with Gasteiger partial charge in [0.05, 0.1) is 42.0 Å². The second kappa shape index (κ2) is 9.67. The maximum atomic E-state index is 5.80. The maximum Gasteiger partial charge on any atom is 0.181 e. The van der Waals surface area contributed by atoms with Gasteiger partial charge in [-0.15, -0.1) is 0 Å². The van der Waals surface area contributed by atoms with Gasteiger partial charge in [-0.05, 0) is 36.4 Å². The van der Waals surface area contributed by atoms with Gasteiger partial charge in [0.15, 0.2) is 17.3 Å². The van der Waals surface area contributed by atoms with E-state index >= 15 is 0 Å². The van der Waals surface area contributed by atoms with Crippen LogP contribution in [0.25, 0.3) is 40.0 Å².